The standard InChI is InChI=1S/C32H22F3NO3.C18H15OP.Eu/c1-31(2)24-11-7-6-10-21(24)22-16-23-26(17-25(22)31)36(30(39)27(28(23)37)29(38)32(33,34)35)20-14-12-19(13-15-20)18-8-4-3-5-9-18;19-20(16-10-4-1-5-11-16,17-12-6-2-7-13-17)18-14-8-3-9-15-18;/h3-17,37H,1-2H3;1-15H;. The Bertz CT molecular complexity index is 2850. The predicted octanol–water partition coefficient (Wildman–Crippen LogP) is 10.7. The number of hydrogen-bond donors (Lipinski definition) is 1. The van der Waals surface area contributed by atoms with E-state index in [-0.39, 0.29) is 66.0 Å². The molecule has 60 heavy (non-hydrogen) atoms. The van der Waals surface area contributed by atoms with Crippen molar-refractivity contribution < 1.29 is 77.0 Å². The second-order valence-corrected chi connectivity index (χ2v) is 17.6. The van der Waals surface area contributed by atoms with Gasteiger partial charge in [0.2, 0.25) is 0 Å². The molecule has 299 valence electrons. The van der Waals surface area contributed by atoms with Gasteiger partial charge in [0, 0.05) is 81.8 Å². The van der Waals surface area contributed by atoms with E-state index >= 15 is 0 Å². The van der Waals surface area contributed by atoms with E-state index in [2.05, 4.69) is 0 Å². The Kier molecular flexibility index (Phi) is 12.2. The van der Waals surface area contributed by atoms with Crippen molar-refractivity contribution in [2.75, 3.05) is 0 Å². The second kappa shape index (κ2) is 17.1. The van der Waals surface area contributed by atoms with Gasteiger partial charge >= 0.3 is 6.18 Å². The van der Waals surface area contributed by atoms with Gasteiger partial charge in [0.1, 0.15) is 11.3 Å². The van der Waals surface area contributed by atoms with E-state index in [1.165, 1.54) is 0 Å². The molecule has 0 unspecified atom stereocenters. The topological polar surface area (TPSA) is 76.4 Å². The van der Waals surface area contributed by atoms with Crippen LogP contribution >= 0.6 is 7.14 Å². The molecule has 1 aromatic heterocycles. The summed E-state index contributed by atoms with van der Waals surface area (Å²) in [6.07, 6.45) is -5.34. The summed E-state index contributed by atoms with van der Waals surface area (Å²) >= 11 is 0. The van der Waals surface area contributed by atoms with E-state index in [0.29, 0.717) is 0 Å². The van der Waals surface area contributed by atoms with Crippen LogP contribution in [0.3, 0.4) is 0 Å². The third-order valence-corrected chi connectivity index (χ3v) is 14.0. The van der Waals surface area contributed by atoms with Gasteiger partial charge in [-0.2, -0.15) is 13.2 Å². The molecule has 1 radical (unpaired) electrons. The van der Waals surface area contributed by atoms with Crippen LogP contribution in [0.25, 0.3) is 38.8 Å². The van der Waals surface area contributed by atoms with Crippen molar-refractivity contribution in [1.29, 1.82) is 0 Å². The number of benzene rings is 7. The number of pyridine rings is 1. The Morgan fingerprint density at radius 1 is 0.600 bits per heavy atom. The zero-order valence-corrected chi connectivity index (χ0v) is 35.7. The van der Waals surface area contributed by atoms with Crippen molar-refractivity contribution in [1.82, 2.24) is 4.57 Å². The Hall–Kier alpha value is -5.18. The van der Waals surface area contributed by atoms with Crippen LogP contribution in [0.2, 0.25) is 0 Å². The molecule has 1 heterocycles. The van der Waals surface area contributed by atoms with Crippen LogP contribution in [0, 0.1) is 49.4 Å². The van der Waals surface area contributed by atoms with Crippen molar-refractivity contribution >= 4 is 39.7 Å². The van der Waals surface area contributed by atoms with Gasteiger partial charge in [-0.05, 0) is 57.6 Å². The minimum absolute atomic E-state index is 0. The fraction of sp³-hybridized carbons (Fsp3) is 0.0800. The minimum Gasteiger partial charge on any atom is -0.506 e. The van der Waals surface area contributed by atoms with Crippen LogP contribution in [-0.4, -0.2) is 21.6 Å². The first kappa shape index (κ1) is 42.9. The molecule has 8 aromatic rings. The quantitative estimate of drug-likeness (QED) is 0.133. The van der Waals surface area contributed by atoms with E-state index in [4.69, 9.17) is 0 Å². The zero-order chi connectivity index (χ0) is 41.5. The maximum Gasteiger partial charge on any atom is 0.455 e. The van der Waals surface area contributed by atoms with Gasteiger partial charge in [-0.25, -0.2) is 0 Å². The molecule has 0 saturated carbocycles. The van der Waals surface area contributed by atoms with Crippen molar-refractivity contribution in [3.8, 4) is 33.7 Å². The van der Waals surface area contributed by atoms with Crippen LogP contribution < -0.4 is 21.5 Å². The normalized spacial score (nSPS) is 12.7. The third kappa shape index (κ3) is 7.69. The molecule has 0 saturated heterocycles. The van der Waals surface area contributed by atoms with Gasteiger partial charge in [0.15, 0.2) is 7.14 Å². The molecular formula is C50H37EuF3NO4P. The summed E-state index contributed by atoms with van der Waals surface area (Å²) in [7, 11) is -2.78. The molecule has 0 aliphatic heterocycles. The van der Waals surface area contributed by atoms with Gasteiger partial charge in [0.05, 0.1) is 5.52 Å². The number of halogens is 3. The summed E-state index contributed by atoms with van der Waals surface area (Å²) in [6.45, 7) is 4.06. The Morgan fingerprint density at radius 2 is 1.05 bits per heavy atom. The SMILES string of the molecule is CC1(C)c2ccccc2-c2cc3c(O)c(C(=O)C(F)(F)F)c(=O)n(-c4ccc(-c5ccccc5)cc4)c3cc21.O=P(c1ccccc1)(c1ccccc1)c1ccccc1.[Eu]. The number of nitrogens with zero attached hydrogens (tertiary/aromatic N) is 1. The monoisotopic (exact) mass is 956 g/mol. The van der Waals surface area contributed by atoms with E-state index in [1.54, 1.807) is 36.4 Å². The number of fused-ring (bicyclic) bond motifs is 4. The van der Waals surface area contributed by atoms with E-state index in [9.17, 15) is 32.4 Å². The smallest absolute Gasteiger partial charge is 0.455 e. The second-order valence-electron chi connectivity index (χ2n) is 14.8. The number of aromatic nitrogens is 1. The molecule has 0 bridgehead atoms. The first-order valence-corrected chi connectivity index (χ1v) is 20.6. The van der Waals surface area contributed by atoms with E-state index < -0.39 is 41.4 Å². The fourth-order valence-electron chi connectivity index (χ4n) is 7.97. The van der Waals surface area contributed by atoms with Crippen LogP contribution in [0.4, 0.5) is 13.2 Å². The molecule has 1 aliphatic carbocycles. The fourth-order valence-corrected chi connectivity index (χ4v) is 10.6. The van der Waals surface area contributed by atoms with Gasteiger partial charge in [-0.1, -0.05) is 172 Å². The summed E-state index contributed by atoms with van der Waals surface area (Å²) < 4.78 is 55.6. The van der Waals surface area contributed by atoms with Crippen LogP contribution in [0.15, 0.2) is 187 Å². The Morgan fingerprint density at radius 3 is 1.55 bits per heavy atom. The molecule has 1 N–H and O–H groups in total. The number of rotatable bonds is 6. The number of alkyl halides is 3. The number of carbonyl (C=O) groups excluding carboxylic acids is 1. The number of aromatic hydroxyl groups is 1. The van der Waals surface area contributed by atoms with Gasteiger partial charge in [0.25, 0.3) is 11.3 Å². The average Bonchev–Trinajstić information content (AvgIpc) is 3.49. The summed E-state index contributed by atoms with van der Waals surface area (Å²) in [6, 6.07) is 56.4. The minimum atomic E-state index is -5.34. The number of hydrogen-bond acceptors (Lipinski definition) is 4. The van der Waals surface area contributed by atoms with Gasteiger partial charge in [-0.15, -0.1) is 0 Å². The number of ketones is 1. The molecule has 9 rings (SSSR count). The Balaban J connectivity index is 0.000000218. The van der Waals surface area contributed by atoms with Crippen LogP contribution in [-0.2, 0) is 9.98 Å². The Labute approximate surface area is 386 Å². The maximum absolute atomic E-state index is 13.8. The molecule has 0 fully saturated rings. The van der Waals surface area contributed by atoms with Crippen LogP contribution in [0.1, 0.15) is 35.3 Å². The molecular weight excluding hydrogens is 918 g/mol. The predicted molar refractivity (Wildman–Crippen MR) is 230 cm³/mol. The first-order chi connectivity index (χ1) is 28.3. The molecule has 7 aromatic carbocycles. The van der Waals surface area contributed by atoms with Gasteiger partial charge in [-0.3, -0.25) is 14.2 Å². The number of Topliss-reactive ketones (excluding diaryl/α,β-unsaturated/α-hetero) is 1. The molecule has 0 spiro atoms. The summed E-state index contributed by atoms with van der Waals surface area (Å²) in [5, 5.41) is 13.6. The summed E-state index contributed by atoms with van der Waals surface area (Å²) in [5.74, 6) is -3.36. The third-order valence-electron chi connectivity index (χ3n) is 10.9. The average molecular weight is 956 g/mol. The summed E-state index contributed by atoms with van der Waals surface area (Å²) in [5.41, 5.74) is 2.75. The number of carbonyl (C=O) groups is 1. The van der Waals surface area contributed by atoms with Crippen molar-refractivity contribution in [2.45, 2.75) is 25.4 Å². The molecule has 5 nitrogen and oxygen atoms in total. The van der Waals surface area contributed by atoms with Gasteiger partial charge < -0.3 is 9.67 Å². The molecule has 0 atom stereocenters. The van der Waals surface area contributed by atoms with Crippen molar-refractivity contribution in [3.63, 3.8) is 0 Å². The van der Waals surface area contributed by atoms with E-state index in [0.717, 1.165) is 53.9 Å². The van der Waals surface area contributed by atoms with E-state index in [1.807, 2.05) is 159 Å². The molecule has 10 heteroatoms. The van der Waals surface area contributed by atoms with Crippen molar-refractivity contribution in [3.05, 3.63) is 209 Å². The zero-order valence-electron chi connectivity index (χ0n) is 32.4. The largest absolute Gasteiger partial charge is 0.506 e. The molecule has 0 amide bonds. The first-order valence-electron chi connectivity index (χ1n) is 18.9. The van der Waals surface area contributed by atoms with Crippen molar-refractivity contribution in [2.24, 2.45) is 0 Å². The molecule has 1 aliphatic rings. The van der Waals surface area contributed by atoms with Crippen LogP contribution in [0.5, 0.6) is 5.75 Å². The maximum atomic E-state index is 13.8. The summed E-state index contributed by atoms with van der Waals surface area (Å²) in [4.78, 5) is 26.0.